The van der Waals surface area contributed by atoms with Crippen LogP contribution in [-0.4, -0.2) is 74.9 Å². The van der Waals surface area contributed by atoms with Gasteiger partial charge in [0.05, 0.1) is 13.2 Å². The van der Waals surface area contributed by atoms with Crippen molar-refractivity contribution in [1.29, 1.82) is 0 Å². The van der Waals surface area contributed by atoms with E-state index >= 15 is 0 Å². The molecule has 1 N–H and O–H groups in total. The molecule has 3 aliphatic heterocycles. The Labute approximate surface area is 149 Å². The molecule has 2 saturated heterocycles. The second kappa shape index (κ2) is 7.22. The Hall–Kier alpha value is -1.79. The number of anilines is 2. The topological polar surface area (TPSA) is 48.1 Å². The molecule has 0 saturated carbocycles. The van der Waals surface area contributed by atoms with Gasteiger partial charge < -0.3 is 19.9 Å². The van der Waals surface area contributed by atoms with Crippen LogP contribution in [0.5, 0.6) is 0 Å². The number of morpholine rings is 1. The minimum atomic E-state index is 0.0544. The Morgan fingerprint density at radius 2 is 2.08 bits per heavy atom. The Morgan fingerprint density at radius 1 is 1.24 bits per heavy atom. The molecule has 0 aromatic heterocycles. The van der Waals surface area contributed by atoms with Crippen LogP contribution in [0.2, 0.25) is 0 Å². The van der Waals surface area contributed by atoms with Gasteiger partial charge in [0.2, 0.25) is 0 Å². The lowest BCUT2D eigenvalue weighted by atomic mass is 10.1. The maximum atomic E-state index is 12.9. The van der Waals surface area contributed by atoms with Crippen LogP contribution in [0.15, 0.2) is 18.2 Å². The van der Waals surface area contributed by atoms with Crippen molar-refractivity contribution in [2.75, 3.05) is 63.2 Å². The number of carbonyl (C=O) groups excluding carboxylic acids is 1. The summed E-state index contributed by atoms with van der Waals surface area (Å²) in [6, 6.07) is 6.57. The third-order valence-electron chi connectivity index (χ3n) is 5.71. The summed E-state index contributed by atoms with van der Waals surface area (Å²) in [5.74, 6) is 0. The standard InChI is InChI=1S/C19H28N4O2/c1-21-9-7-16-17(5-2-6-18(16)21)20-19(24)23-8-3-4-15(23)14-22-10-12-25-13-11-22/h2,5-6,15H,3-4,7-14H2,1H3,(H,20,24)/t15-/m0/s1. The number of nitrogens with zero attached hydrogens (tertiary/aromatic N) is 3. The molecular weight excluding hydrogens is 316 g/mol. The van der Waals surface area contributed by atoms with Gasteiger partial charge in [-0.15, -0.1) is 0 Å². The van der Waals surface area contributed by atoms with Crippen molar-refractivity contribution in [2.45, 2.75) is 25.3 Å². The van der Waals surface area contributed by atoms with E-state index in [4.69, 9.17) is 4.74 Å². The van der Waals surface area contributed by atoms with E-state index in [9.17, 15) is 4.79 Å². The van der Waals surface area contributed by atoms with E-state index < -0.39 is 0 Å². The molecule has 0 unspecified atom stereocenters. The molecule has 6 heteroatoms. The van der Waals surface area contributed by atoms with Crippen LogP contribution in [0, 0.1) is 0 Å². The van der Waals surface area contributed by atoms with E-state index in [0.29, 0.717) is 6.04 Å². The fourth-order valence-corrected chi connectivity index (χ4v) is 4.27. The van der Waals surface area contributed by atoms with Crippen molar-refractivity contribution >= 4 is 17.4 Å². The van der Waals surface area contributed by atoms with Gasteiger partial charge in [-0.3, -0.25) is 4.90 Å². The highest BCUT2D eigenvalue weighted by atomic mass is 16.5. The minimum Gasteiger partial charge on any atom is -0.379 e. The molecule has 1 atom stereocenters. The predicted octanol–water partition coefficient (Wildman–Crippen LogP) is 2.01. The lowest BCUT2D eigenvalue weighted by Gasteiger charge is -2.33. The SMILES string of the molecule is CN1CCc2c(NC(=O)N3CCC[C@H]3CN3CCOCC3)cccc21. The zero-order valence-corrected chi connectivity index (χ0v) is 15.0. The van der Waals surface area contributed by atoms with E-state index in [2.05, 4.69) is 28.2 Å². The predicted molar refractivity (Wildman–Crippen MR) is 99.4 cm³/mol. The zero-order chi connectivity index (χ0) is 17.2. The zero-order valence-electron chi connectivity index (χ0n) is 15.0. The molecule has 6 nitrogen and oxygen atoms in total. The van der Waals surface area contributed by atoms with Crippen molar-refractivity contribution in [1.82, 2.24) is 9.80 Å². The number of ether oxygens (including phenoxy) is 1. The largest absolute Gasteiger partial charge is 0.379 e. The minimum absolute atomic E-state index is 0.0544. The van der Waals surface area contributed by atoms with Crippen molar-refractivity contribution in [3.63, 3.8) is 0 Å². The number of hydrogen-bond acceptors (Lipinski definition) is 4. The van der Waals surface area contributed by atoms with Crippen LogP contribution in [0.25, 0.3) is 0 Å². The number of urea groups is 1. The van der Waals surface area contributed by atoms with Gasteiger partial charge in [0.15, 0.2) is 0 Å². The third-order valence-corrected chi connectivity index (χ3v) is 5.71. The molecule has 3 aliphatic rings. The van der Waals surface area contributed by atoms with Crippen LogP contribution in [0.3, 0.4) is 0 Å². The molecular formula is C19H28N4O2. The third kappa shape index (κ3) is 3.46. The number of likely N-dealkylation sites (tertiary alicyclic amines) is 1. The van der Waals surface area contributed by atoms with Crippen LogP contribution < -0.4 is 10.2 Å². The average molecular weight is 344 g/mol. The van der Waals surface area contributed by atoms with Crippen molar-refractivity contribution < 1.29 is 9.53 Å². The fraction of sp³-hybridized carbons (Fsp3) is 0.632. The smallest absolute Gasteiger partial charge is 0.322 e. The maximum Gasteiger partial charge on any atom is 0.322 e. The normalized spacial score (nSPS) is 23.8. The molecule has 0 aliphatic carbocycles. The number of likely N-dealkylation sites (N-methyl/N-ethyl adjacent to an activating group) is 1. The summed E-state index contributed by atoms with van der Waals surface area (Å²) < 4.78 is 5.43. The van der Waals surface area contributed by atoms with Gasteiger partial charge in [0, 0.05) is 62.8 Å². The molecule has 4 rings (SSSR count). The lowest BCUT2D eigenvalue weighted by molar-refractivity contribution is 0.0296. The summed E-state index contributed by atoms with van der Waals surface area (Å²) in [5.41, 5.74) is 3.48. The van der Waals surface area contributed by atoms with Crippen molar-refractivity contribution in [3.05, 3.63) is 23.8 Å². The van der Waals surface area contributed by atoms with E-state index in [-0.39, 0.29) is 6.03 Å². The van der Waals surface area contributed by atoms with E-state index in [1.165, 1.54) is 11.3 Å². The molecule has 25 heavy (non-hydrogen) atoms. The van der Waals surface area contributed by atoms with E-state index in [1.807, 2.05) is 17.0 Å². The van der Waals surface area contributed by atoms with Crippen molar-refractivity contribution in [3.8, 4) is 0 Å². The van der Waals surface area contributed by atoms with Gasteiger partial charge in [-0.05, 0) is 31.4 Å². The van der Waals surface area contributed by atoms with Crippen LogP contribution in [0.1, 0.15) is 18.4 Å². The summed E-state index contributed by atoms with van der Waals surface area (Å²) in [4.78, 5) is 19.6. The summed E-state index contributed by atoms with van der Waals surface area (Å²) in [6.45, 7) is 6.41. The molecule has 3 heterocycles. The highest BCUT2D eigenvalue weighted by molar-refractivity contribution is 5.92. The molecule has 1 aromatic carbocycles. The number of amides is 2. The van der Waals surface area contributed by atoms with Gasteiger partial charge in [0.25, 0.3) is 0 Å². The van der Waals surface area contributed by atoms with E-state index in [0.717, 1.165) is 70.9 Å². The fourth-order valence-electron chi connectivity index (χ4n) is 4.27. The van der Waals surface area contributed by atoms with Gasteiger partial charge >= 0.3 is 6.03 Å². The van der Waals surface area contributed by atoms with Gasteiger partial charge in [0.1, 0.15) is 0 Å². The second-order valence-corrected chi connectivity index (χ2v) is 7.31. The summed E-state index contributed by atoms with van der Waals surface area (Å²) in [7, 11) is 2.11. The summed E-state index contributed by atoms with van der Waals surface area (Å²) >= 11 is 0. The lowest BCUT2D eigenvalue weighted by Crippen LogP contribution is -2.47. The first-order valence-corrected chi connectivity index (χ1v) is 9.43. The average Bonchev–Trinajstić information content (AvgIpc) is 3.24. The Balaban J connectivity index is 1.42. The molecule has 1 aromatic rings. The highest BCUT2D eigenvalue weighted by Crippen LogP contribution is 2.33. The molecule has 2 fully saturated rings. The molecule has 0 bridgehead atoms. The number of fused-ring (bicyclic) bond motifs is 1. The Kier molecular flexibility index (Phi) is 4.81. The molecule has 2 amide bonds. The first-order valence-electron chi connectivity index (χ1n) is 9.43. The quantitative estimate of drug-likeness (QED) is 0.911. The summed E-state index contributed by atoms with van der Waals surface area (Å²) in [5, 5.41) is 3.19. The molecule has 136 valence electrons. The number of benzene rings is 1. The van der Waals surface area contributed by atoms with Gasteiger partial charge in [-0.25, -0.2) is 4.79 Å². The highest BCUT2D eigenvalue weighted by Gasteiger charge is 2.31. The number of hydrogen-bond donors (Lipinski definition) is 1. The van der Waals surface area contributed by atoms with E-state index in [1.54, 1.807) is 0 Å². The number of rotatable bonds is 3. The molecule has 0 radical (unpaired) electrons. The van der Waals surface area contributed by atoms with Crippen LogP contribution in [0.4, 0.5) is 16.2 Å². The van der Waals surface area contributed by atoms with Crippen molar-refractivity contribution in [2.24, 2.45) is 0 Å². The number of nitrogens with one attached hydrogen (secondary N) is 1. The van der Waals surface area contributed by atoms with Gasteiger partial charge in [-0.1, -0.05) is 6.07 Å². The number of carbonyl (C=O) groups is 1. The van der Waals surface area contributed by atoms with Crippen LogP contribution >= 0.6 is 0 Å². The summed E-state index contributed by atoms with van der Waals surface area (Å²) in [6.07, 6.45) is 3.19. The van der Waals surface area contributed by atoms with Crippen LogP contribution in [-0.2, 0) is 11.2 Å². The first kappa shape index (κ1) is 16.7. The first-order chi connectivity index (χ1) is 12.2. The Bertz CT molecular complexity index is 630. The Morgan fingerprint density at radius 3 is 2.92 bits per heavy atom. The maximum absolute atomic E-state index is 12.9. The van der Waals surface area contributed by atoms with Gasteiger partial charge in [-0.2, -0.15) is 0 Å². The molecule has 0 spiro atoms. The monoisotopic (exact) mass is 344 g/mol. The second-order valence-electron chi connectivity index (χ2n) is 7.31.